The van der Waals surface area contributed by atoms with Crippen molar-refractivity contribution in [1.29, 1.82) is 5.41 Å². The molecule has 3 N–H and O–H groups in total. The van der Waals surface area contributed by atoms with E-state index in [1.54, 1.807) is 0 Å². The highest BCUT2D eigenvalue weighted by molar-refractivity contribution is 5.81. The van der Waals surface area contributed by atoms with Crippen LogP contribution in [0.4, 0.5) is 4.39 Å². The zero-order valence-corrected chi connectivity index (χ0v) is 6.35. The first-order chi connectivity index (χ1) is 5.22. The molecule has 2 unspecified atom stereocenters. The number of hydrogen-bond donors (Lipinski definition) is 2. The summed E-state index contributed by atoms with van der Waals surface area (Å²) < 4.78 is 18.0. The van der Waals surface area contributed by atoms with Crippen molar-refractivity contribution in [2.45, 2.75) is 19.0 Å². The van der Waals surface area contributed by atoms with Gasteiger partial charge in [-0.25, -0.2) is 4.39 Å². The van der Waals surface area contributed by atoms with E-state index in [0.29, 0.717) is 13.2 Å². The van der Waals surface area contributed by atoms with E-state index in [-0.39, 0.29) is 11.8 Å². The summed E-state index contributed by atoms with van der Waals surface area (Å²) in [6.07, 6.45) is 0.342. The minimum atomic E-state index is -1.31. The Hall–Kier alpha value is -0.640. The Morgan fingerprint density at radius 3 is 2.91 bits per heavy atom. The Labute approximate surface area is 65.2 Å². The number of ether oxygens (including phenoxy) is 1. The van der Waals surface area contributed by atoms with Gasteiger partial charge >= 0.3 is 0 Å². The second kappa shape index (κ2) is 3.67. The molecule has 1 saturated heterocycles. The van der Waals surface area contributed by atoms with Crippen LogP contribution in [0.2, 0.25) is 0 Å². The van der Waals surface area contributed by atoms with E-state index in [9.17, 15) is 4.39 Å². The van der Waals surface area contributed by atoms with Crippen molar-refractivity contribution in [2.75, 3.05) is 13.2 Å². The van der Waals surface area contributed by atoms with Crippen LogP contribution >= 0.6 is 0 Å². The second-order valence-electron chi connectivity index (χ2n) is 2.83. The first-order valence-electron chi connectivity index (χ1n) is 3.77. The molecule has 64 valence electrons. The molecule has 0 saturated carbocycles. The smallest absolute Gasteiger partial charge is 0.161 e. The van der Waals surface area contributed by atoms with Gasteiger partial charge in [0.2, 0.25) is 0 Å². The fourth-order valence-corrected chi connectivity index (χ4v) is 1.25. The number of nitrogens with one attached hydrogen (secondary N) is 1. The molecule has 0 aromatic carbocycles. The van der Waals surface area contributed by atoms with Crippen LogP contribution in [0.5, 0.6) is 0 Å². The molecule has 0 radical (unpaired) electrons. The monoisotopic (exact) mass is 160 g/mol. The van der Waals surface area contributed by atoms with E-state index >= 15 is 0 Å². The third-order valence-electron chi connectivity index (χ3n) is 1.91. The predicted octanol–water partition coefficient (Wildman–Crippen LogP) is 0.687. The third kappa shape index (κ3) is 2.15. The molecule has 0 amide bonds. The Morgan fingerprint density at radius 1 is 1.73 bits per heavy atom. The largest absolute Gasteiger partial charge is 0.385 e. The van der Waals surface area contributed by atoms with Crippen molar-refractivity contribution in [2.24, 2.45) is 11.7 Å². The highest BCUT2D eigenvalue weighted by Crippen LogP contribution is 2.19. The molecule has 1 fully saturated rings. The summed E-state index contributed by atoms with van der Waals surface area (Å²) in [5, 5.41) is 6.88. The molecule has 1 heterocycles. The van der Waals surface area contributed by atoms with Gasteiger partial charge in [0.25, 0.3) is 0 Å². The maximum atomic E-state index is 13.0. The van der Waals surface area contributed by atoms with Gasteiger partial charge in [-0.3, -0.25) is 5.41 Å². The summed E-state index contributed by atoms with van der Waals surface area (Å²) >= 11 is 0. The minimum Gasteiger partial charge on any atom is -0.385 e. The van der Waals surface area contributed by atoms with Gasteiger partial charge in [-0.2, -0.15) is 0 Å². The lowest BCUT2D eigenvalue weighted by atomic mass is 9.96. The highest BCUT2D eigenvalue weighted by atomic mass is 19.1. The van der Waals surface area contributed by atoms with Crippen LogP contribution in [0.25, 0.3) is 0 Å². The fraction of sp³-hybridized carbons (Fsp3) is 0.857. The number of nitrogens with two attached hydrogens (primary N) is 1. The SMILES string of the molecule is N=C(N)C(F)C1CCCOC1. The van der Waals surface area contributed by atoms with Gasteiger partial charge in [0.05, 0.1) is 6.61 Å². The summed E-state index contributed by atoms with van der Waals surface area (Å²) in [6.45, 7) is 1.11. The van der Waals surface area contributed by atoms with Gasteiger partial charge < -0.3 is 10.5 Å². The molecule has 0 aromatic rings. The van der Waals surface area contributed by atoms with Crippen LogP contribution in [-0.4, -0.2) is 25.2 Å². The van der Waals surface area contributed by atoms with Crippen molar-refractivity contribution in [3.63, 3.8) is 0 Å². The lowest BCUT2D eigenvalue weighted by Crippen LogP contribution is -2.35. The summed E-state index contributed by atoms with van der Waals surface area (Å²) in [5.41, 5.74) is 5.02. The Balaban J connectivity index is 2.38. The van der Waals surface area contributed by atoms with Crippen molar-refractivity contribution >= 4 is 5.84 Å². The van der Waals surface area contributed by atoms with Gasteiger partial charge in [0, 0.05) is 12.5 Å². The van der Waals surface area contributed by atoms with E-state index in [1.165, 1.54) is 0 Å². The van der Waals surface area contributed by atoms with Crippen molar-refractivity contribution in [1.82, 2.24) is 0 Å². The third-order valence-corrected chi connectivity index (χ3v) is 1.91. The average molecular weight is 160 g/mol. The maximum Gasteiger partial charge on any atom is 0.161 e. The van der Waals surface area contributed by atoms with Gasteiger partial charge in [0.1, 0.15) is 5.84 Å². The van der Waals surface area contributed by atoms with Crippen LogP contribution in [0.3, 0.4) is 0 Å². The zero-order valence-electron chi connectivity index (χ0n) is 6.35. The van der Waals surface area contributed by atoms with Crippen molar-refractivity contribution in [3.05, 3.63) is 0 Å². The lowest BCUT2D eigenvalue weighted by Gasteiger charge is -2.24. The molecule has 3 nitrogen and oxygen atoms in total. The van der Waals surface area contributed by atoms with Crippen LogP contribution < -0.4 is 5.73 Å². The van der Waals surface area contributed by atoms with E-state index < -0.39 is 6.17 Å². The maximum absolute atomic E-state index is 13.0. The number of rotatable bonds is 2. The van der Waals surface area contributed by atoms with Gasteiger partial charge in [-0.05, 0) is 12.8 Å². The molecule has 0 aliphatic carbocycles. The highest BCUT2D eigenvalue weighted by Gasteiger charge is 2.25. The van der Waals surface area contributed by atoms with Gasteiger partial charge in [-0.15, -0.1) is 0 Å². The number of halogens is 1. The zero-order chi connectivity index (χ0) is 8.27. The van der Waals surface area contributed by atoms with E-state index in [2.05, 4.69) is 0 Å². The molecule has 1 aliphatic heterocycles. The van der Waals surface area contributed by atoms with Gasteiger partial charge in [0.15, 0.2) is 6.17 Å². The first kappa shape index (κ1) is 8.46. The van der Waals surface area contributed by atoms with Crippen LogP contribution in [0.15, 0.2) is 0 Å². The first-order valence-corrected chi connectivity index (χ1v) is 3.77. The molecule has 1 aliphatic rings. The Kier molecular flexibility index (Phi) is 2.82. The standard InChI is InChI=1S/C7H13FN2O/c8-6(7(9)10)5-2-1-3-11-4-5/h5-6H,1-4H2,(H3,9,10). The lowest BCUT2D eigenvalue weighted by molar-refractivity contribution is 0.0344. The van der Waals surface area contributed by atoms with E-state index in [0.717, 1.165) is 12.8 Å². The molecule has 0 spiro atoms. The molecule has 0 aromatic heterocycles. The Bertz CT molecular complexity index is 145. The quantitative estimate of drug-likeness (QED) is 0.461. The average Bonchev–Trinajstić information content (AvgIpc) is 2.05. The van der Waals surface area contributed by atoms with Crippen LogP contribution in [-0.2, 0) is 4.74 Å². The number of hydrogen-bond acceptors (Lipinski definition) is 2. The molecule has 11 heavy (non-hydrogen) atoms. The van der Waals surface area contributed by atoms with Crippen LogP contribution in [0, 0.1) is 11.3 Å². The molecule has 2 atom stereocenters. The van der Waals surface area contributed by atoms with Crippen molar-refractivity contribution < 1.29 is 9.13 Å². The van der Waals surface area contributed by atoms with E-state index in [4.69, 9.17) is 15.9 Å². The molecule has 4 heteroatoms. The van der Waals surface area contributed by atoms with Gasteiger partial charge in [-0.1, -0.05) is 0 Å². The van der Waals surface area contributed by atoms with Crippen molar-refractivity contribution in [3.8, 4) is 0 Å². The summed E-state index contributed by atoms with van der Waals surface area (Å²) in [6, 6.07) is 0. The molecular formula is C7H13FN2O. The van der Waals surface area contributed by atoms with E-state index in [1.807, 2.05) is 0 Å². The fourth-order valence-electron chi connectivity index (χ4n) is 1.25. The normalized spacial score (nSPS) is 27.9. The molecule has 1 rings (SSSR count). The minimum absolute atomic E-state index is 0.193. The van der Waals surface area contributed by atoms with Crippen LogP contribution in [0.1, 0.15) is 12.8 Å². The topological polar surface area (TPSA) is 59.1 Å². The predicted molar refractivity (Wildman–Crippen MR) is 40.4 cm³/mol. The molecule has 0 bridgehead atoms. The summed E-state index contributed by atoms with van der Waals surface area (Å²) in [5.74, 6) is -0.568. The summed E-state index contributed by atoms with van der Waals surface area (Å²) in [4.78, 5) is 0. The summed E-state index contributed by atoms with van der Waals surface area (Å²) in [7, 11) is 0. The number of alkyl halides is 1. The number of amidine groups is 1. The molecular weight excluding hydrogens is 147 g/mol. The Morgan fingerprint density at radius 2 is 2.45 bits per heavy atom. The second-order valence-corrected chi connectivity index (χ2v) is 2.83.